The summed E-state index contributed by atoms with van der Waals surface area (Å²) in [6, 6.07) is 11.9. The number of nitrogens with one attached hydrogen (secondary N) is 1. The van der Waals surface area contributed by atoms with E-state index >= 15 is 0 Å². The number of rotatable bonds is 6. The second kappa shape index (κ2) is 6.14. The van der Waals surface area contributed by atoms with Crippen LogP contribution in [0.1, 0.15) is 35.9 Å². The molecule has 4 heteroatoms. The van der Waals surface area contributed by atoms with Crippen LogP contribution in [0.3, 0.4) is 0 Å². The number of ether oxygens (including phenoxy) is 1. The summed E-state index contributed by atoms with van der Waals surface area (Å²) >= 11 is 0. The van der Waals surface area contributed by atoms with Gasteiger partial charge in [-0.2, -0.15) is 0 Å². The van der Waals surface area contributed by atoms with E-state index in [1.165, 1.54) is 12.8 Å². The van der Waals surface area contributed by atoms with E-state index in [0.717, 1.165) is 23.6 Å². The van der Waals surface area contributed by atoms with E-state index in [1.807, 2.05) is 24.3 Å². The van der Waals surface area contributed by atoms with Gasteiger partial charge < -0.3 is 14.5 Å². The Morgan fingerprint density at radius 1 is 1.24 bits per heavy atom. The Morgan fingerprint density at radius 3 is 2.67 bits per heavy atom. The van der Waals surface area contributed by atoms with E-state index in [1.54, 1.807) is 19.1 Å². The Kier molecular flexibility index (Phi) is 4.06. The molecule has 0 unspecified atom stereocenters. The maximum Gasteiger partial charge on any atom is 0.338 e. The van der Waals surface area contributed by atoms with Crippen molar-refractivity contribution >= 4 is 5.97 Å². The first-order valence-electron chi connectivity index (χ1n) is 7.36. The normalized spacial score (nSPS) is 14.1. The van der Waals surface area contributed by atoms with E-state index in [4.69, 9.17) is 9.15 Å². The number of carbonyl (C=O) groups excluding carboxylic acids is 1. The smallest absolute Gasteiger partial charge is 0.338 e. The van der Waals surface area contributed by atoms with Gasteiger partial charge in [0.2, 0.25) is 0 Å². The van der Waals surface area contributed by atoms with Crippen LogP contribution >= 0.6 is 0 Å². The average Bonchev–Trinajstić information content (AvgIpc) is 3.22. The lowest BCUT2D eigenvalue weighted by Gasteiger charge is -2.03. The molecule has 0 bridgehead atoms. The highest BCUT2D eigenvalue weighted by molar-refractivity contribution is 5.89. The molecule has 0 saturated heterocycles. The largest absolute Gasteiger partial charge is 0.462 e. The molecule has 1 saturated carbocycles. The van der Waals surface area contributed by atoms with Gasteiger partial charge in [-0.3, -0.25) is 0 Å². The third kappa shape index (κ3) is 3.52. The van der Waals surface area contributed by atoms with Gasteiger partial charge in [0.05, 0.1) is 18.7 Å². The van der Waals surface area contributed by atoms with E-state index < -0.39 is 0 Å². The summed E-state index contributed by atoms with van der Waals surface area (Å²) in [6.07, 6.45) is 2.53. The molecular weight excluding hydrogens is 266 g/mol. The van der Waals surface area contributed by atoms with Crippen molar-refractivity contribution in [3.63, 3.8) is 0 Å². The molecular formula is C17H19NO3. The van der Waals surface area contributed by atoms with Crippen molar-refractivity contribution in [1.82, 2.24) is 5.32 Å². The zero-order valence-electron chi connectivity index (χ0n) is 12.1. The number of hydrogen-bond donors (Lipinski definition) is 1. The molecule has 1 heterocycles. The Labute approximate surface area is 124 Å². The minimum atomic E-state index is -0.294. The highest BCUT2D eigenvalue weighted by atomic mass is 16.5. The van der Waals surface area contributed by atoms with Crippen molar-refractivity contribution in [2.75, 3.05) is 6.61 Å². The Hall–Kier alpha value is -2.07. The van der Waals surface area contributed by atoms with Gasteiger partial charge in [-0.1, -0.05) is 12.1 Å². The van der Waals surface area contributed by atoms with Crippen LogP contribution in [-0.4, -0.2) is 18.6 Å². The quantitative estimate of drug-likeness (QED) is 0.827. The fourth-order valence-electron chi connectivity index (χ4n) is 2.15. The maximum absolute atomic E-state index is 11.6. The number of hydrogen-bond acceptors (Lipinski definition) is 4. The van der Waals surface area contributed by atoms with E-state index in [2.05, 4.69) is 5.32 Å². The first-order valence-corrected chi connectivity index (χ1v) is 7.36. The van der Waals surface area contributed by atoms with Gasteiger partial charge in [0, 0.05) is 11.6 Å². The molecule has 1 N–H and O–H groups in total. The van der Waals surface area contributed by atoms with Crippen molar-refractivity contribution in [1.29, 1.82) is 0 Å². The van der Waals surface area contributed by atoms with E-state index in [0.29, 0.717) is 18.2 Å². The summed E-state index contributed by atoms with van der Waals surface area (Å²) in [5.74, 6) is 1.46. The molecule has 1 fully saturated rings. The van der Waals surface area contributed by atoms with E-state index in [-0.39, 0.29) is 5.97 Å². The number of carbonyl (C=O) groups is 1. The summed E-state index contributed by atoms with van der Waals surface area (Å²) in [6.45, 7) is 2.95. The zero-order chi connectivity index (χ0) is 14.7. The molecule has 21 heavy (non-hydrogen) atoms. The molecule has 0 amide bonds. The summed E-state index contributed by atoms with van der Waals surface area (Å²) < 4.78 is 10.8. The van der Waals surface area contributed by atoms with Gasteiger partial charge in [0.15, 0.2) is 0 Å². The van der Waals surface area contributed by atoms with Crippen LogP contribution < -0.4 is 5.32 Å². The summed E-state index contributed by atoms with van der Waals surface area (Å²) in [5, 5.41) is 3.42. The third-order valence-electron chi connectivity index (χ3n) is 3.48. The van der Waals surface area contributed by atoms with Crippen LogP contribution in [0.4, 0.5) is 0 Å². The molecule has 0 atom stereocenters. The maximum atomic E-state index is 11.6. The van der Waals surface area contributed by atoms with Crippen molar-refractivity contribution in [2.24, 2.45) is 0 Å². The third-order valence-corrected chi connectivity index (χ3v) is 3.48. The summed E-state index contributed by atoms with van der Waals surface area (Å²) in [5.41, 5.74) is 1.52. The average molecular weight is 285 g/mol. The molecule has 2 aromatic rings. The highest BCUT2D eigenvalue weighted by Gasteiger charge is 2.20. The highest BCUT2D eigenvalue weighted by Crippen LogP contribution is 2.24. The zero-order valence-corrected chi connectivity index (χ0v) is 12.1. The minimum absolute atomic E-state index is 0.294. The Bertz CT molecular complexity index is 611. The fourth-order valence-corrected chi connectivity index (χ4v) is 2.15. The number of furan rings is 1. The monoisotopic (exact) mass is 285 g/mol. The molecule has 4 nitrogen and oxygen atoms in total. The lowest BCUT2D eigenvalue weighted by molar-refractivity contribution is 0.0526. The van der Waals surface area contributed by atoms with Crippen LogP contribution in [0.15, 0.2) is 40.8 Å². The molecule has 3 rings (SSSR count). The molecule has 0 spiro atoms. The predicted molar refractivity (Wildman–Crippen MR) is 80.0 cm³/mol. The first-order chi connectivity index (χ1) is 10.3. The van der Waals surface area contributed by atoms with Gasteiger partial charge in [-0.25, -0.2) is 4.79 Å². The van der Waals surface area contributed by atoms with Gasteiger partial charge >= 0.3 is 5.97 Å². The Balaban J connectivity index is 1.66. The van der Waals surface area contributed by atoms with Gasteiger partial charge in [-0.05, 0) is 44.0 Å². The molecule has 1 aliphatic carbocycles. The van der Waals surface area contributed by atoms with Crippen molar-refractivity contribution < 1.29 is 13.9 Å². The predicted octanol–water partition coefficient (Wildman–Crippen LogP) is 3.38. The van der Waals surface area contributed by atoms with Crippen LogP contribution in [0.2, 0.25) is 0 Å². The topological polar surface area (TPSA) is 51.5 Å². The second-order valence-corrected chi connectivity index (χ2v) is 5.22. The van der Waals surface area contributed by atoms with Gasteiger partial charge in [-0.15, -0.1) is 0 Å². The second-order valence-electron chi connectivity index (χ2n) is 5.22. The molecule has 110 valence electrons. The standard InChI is InChI=1S/C17H19NO3/c1-2-20-17(19)13-5-3-12(4-6-13)16-10-9-15(21-16)11-18-14-7-8-14/h3-6,9-10,14,18H,2,7-8,11H2,1H3. The van der Waals surface area contributed by atoms with Gasteiger partial charge in [0.25, 0.3) is 0 Å². The molecule has 1 aromatic carbocycles. The van der Waals surface area contributed by atoms with Crippen LogP contribution in [0.5, 0.6) is 0 Å². The number of esters is 1. The van der Waals surface area contributed by atoms with Crippen LogP contribution in [0, 0.1) is 0 Å². The lowest BCUT2D eigenvalue weighted by atomic mass is 10.1. The summed E-state index contributed by atoms with van der Waals surface area (Å²) in [7, 11) is 0. The van der Waals surface area contributed by atoms with E-state index in [9.17, 15) is 4.79 Å². The molecule has 0 aliphatic heterocycles. The van der Waals surface area contributed by atoms with Crippen molar-refractivity contribution in [3.8, 4) is 11.3 Å². The van der Waals surface area contributed by atoms with Crippen LogP contribution in [0.25, 0.3) is 11.3 Å². The number of benzene rings is 1. The Morgan fingerprint density at radius 2 is 2.00 bits per heavy atom. The first kappa shape index (κ1) is 13.9. The minimum Gasteiger partial charge on any atom is -0.462 e. The van der Waals surface area contributed by atoms with Crippen LogP contribution in [-0.2, 0) is 11.3 Å². The molecule has 0 radical (unpaired) electrons. The summed E-state index contributed by atoms with van der Waals surface area (Å²) in [4.78, 5) is 11.6. The van der Waals surface area contributed by atoms with Crippen molar-refractivity contribution in [3.05, 3.63) is 47.7 Å². The van der Waals surface area contributed by atoms with Crippen molar-refractivity contribution in [2.45, 2.75) is 32.4 Å². The SMILES string of the molecule is CCOC(=O)c1ccc(-c2ccc(CNC3CC3)o2)cc1. The fraction of sp³-hybridized carbons (Fsp3) is 0.353. The van der Waals surface area contributed by atoms with Gasteiger partial charge in [0.1, 0.15) is 11.5 Å². The lowest BCUT2D eigenvalue weighted by Crippen LogP contribution is -2.14. The molecule has 1 aliphatic rings. The molecule has 1 aromatic heterocycles.